The fourth-order valence-electron chi connectivity index (χ4n) is 1.11. The summed E-state index contributed by atoms with van der Waals surface area (Å²) in [7, 11) is 0. The van der Waals surface area contributed by atoms with Gasteiger partial charge < -0.3 is 10.4 Å². The molecule has 2 aromatic rings. The molecule has 76 valence electrons. The number of phenolic OH excluding ortho intramolecular Hbond substituents is 1. The number of aromatic nitrogens is 2. The average molecular weight is 203 g/mol. The minimum absolute atomic E-state index is 0.204. The monoisotopic (exact) mass is 203 g/mol. The second-order valence-electron chi connectivity index (χ2n) is 2.98. The molecule has 1 aromatic carbocycles. The third-order valence-corrected chi connectivity index (χ3v) is 1.82. The summed E-state index contributed by atoms with van der Waals surface area (Å²) in [5, 5.41) is 18.1. The zero-order valence-corrected chi connectivity index (χ0v) is 7.77. The maximum absolute atomic E-state index is 10.7. The minimum Gasteiger partial charge on any atom is -0.508 e. The molecule has 0 saturated carbocycles. The van der Waals surface area contributed by atoms with Gasteiger partial charge in [-0.25, -0.2) is 5.10 Å². The van der Waals surface area contributed by atoms with Gasteiger partial charge in [0.15, 0.2) is 5.82 Å². The summed E-state index contributed by atoms with van der Waals surface area (Å²) in [5.74, 6) is 0.746. The molecule has 0 saturated heterocycles. The Bertz CT molecular complexity index is 484. The molecular formula is C10H9N3O2. The molecule has 5 heteroatoms. The SMILES string of the molecule is O=c1ccc(Nc2ccc(O)cc2)n[nH]1. The van der Waals surface area contributed by atoms with Crippen LogP contribution in [0.25, 0.3) is 0 Å². The number of benzene rings is 1. The van der Waals surface area contributed by atoms with Gasteiger partial charge in [0.05, 0.1) is 0 Å². The van der Waals surface area contributed by atoms with Crippen LogP contribution in [0.2, 0.25) is 0 Å². The molecule has 1 heterocycles. The minimum atomic E-state index is -0.244. The Balaban J connectivity index is 2.18. The molecule has 2 rings (SSSR count). The van der Waals surface area contributed by atoms with Crippen molar-refractivity contribution in [2.24, 2.45) is 0 Å². The molecule has 15 heavy (non-hydrogen) atoms. The van der Waals surface area contributed by atoms with Crippen molar-refractivity contribution in [2.45, 2.75) is 0 Å². The van der Waals surface area contributed by atoms with Crippen molar-refractivity contribution in [1.82, 2.24) is 10.2 Å². The van der Waals surface area contributed by atoms with Crippen molar-refractivity contribution in [3.63, 3.8) is 0 Å². The van der Waals surface area contributed by atoms with Crippen LogP contribution in [0.15, 0.2) is 41.2 Å². The first-order valence-electron chi connectivity index (χ1n) is 4.36. The zero-order valence-electron chi connectivity index (χ0n) is 7.77. The number of aromatic hydroxyl groups is 1. The fourth-order valence-corrected chi connectivity index (χ4v) is 1.11. The molecule has 0 amide bonds. The zero-order chi connectivity index (χ0) is 10.7. The van der Waals surface area contributed by atoms with Gasteiger partial charge in [-0.1, -0.05) is 0 Å². The van der Waals surface area contributed by atoms with Gasteiger partial charge in [0, 0.05) is 11.8 Å². The van der Waals surface area contributed by atoms with Crippen molar-refractivity contribution in [2.75, 3.05) is 5.32 Å². The fraction of sp³-hybridized carbons (Fsp3) is 0. The van der Waals surface area contributed by atoms with E-state index in [0.29, 0.717) is 5.82 Å². The lowest BCUT2D eigenvalue weighted by Crippen LogP contribution is -2.06. The molecule has 3 N–H and O–H groups in total. The van der Waals surface area contributed by atoms with Gasteiger partial charge in [-0.2, -0.15) is 5.10 Å². The summed E-state index contributed by atoms with van der Waals surface area (Å²) < 4.78 is 0. The highest BCUT2D eigenvalue weighted by Crippen LogP contribution is 2.16. The van der Waals surface area contributed by atoms with Gasteiger partial charge in [0.25, 0.3) is 5.56 Å². The topological polar surface area (TPSA) is 78.0 Å². The Hall–Kier alpha value is -2.30. The van der Waals surface area contributed by atoms with Crippen LogP contribution in [0.3, 0.4) is 0 Å². The largest absolute Gasteiger partial charge is 0.508 e. The van der Waals surface area contributed by atoms with Crippen LogP contribution < -0.4 is 10.9 Å². The number of nitrogens with one attached hydrogen (secondary N) is 2. The highest BCUT2D eigenvalue weighted by molar-refractivity contribution is 5.56. The van der Waals surface area contributed by atoms with E-state index in [0.717, 1.165) is 5.69 Å². The van der Waals surface area contributed by atoms with E-state index in [1.807, 2.05) is 0 Å². The van der Waals surface area contributed by atoms with Crippen LogP contribution in [0.1, 0.15) is 0 Å². The normalized spacial score (nSPS) is 9.87. The molecule has 1 aromatic heterocycles. The van der Waals surface area contributed by atoms with Crippen molar-refractivity contribution in [3.8, 4) is 5.75 Å². The molecule has 5 nitrogen and oxygen atoms in total. The summed E-state index contributed by atoms with van der Waals surface area (Å²) in [4.78, 5) is 10.7. The van der Waals surface area contributed by atoms with E-state index in [1.54, 1.807) is 30.3 Å². The molecule has 0 aliphatic carbocycles. The summed E-state index contributed by atoms with van der Waals surface area (Å²) in [6.45, 7) is 0. The van der Waals surface area contributed by atoms with Gasteiger partial charge >= 0.3 is 0 Å². The highest BCUT2D eigenvalue weighted by atomic mass is 16.3. The lowest BCUT2D eigenvalue weighted by molar-refractivity contribution is 0.475. The standard InChI is InChI=1S/C10H9N3O2/c14-8-3-1-7(2-4-8)11-9-5-6-10(15)13-12-9/h1-6,14H,(H,11,12)(H,13,15). The summed E-state index contributed by atoms with van der Waals surface area (Å²) in [6.07, 6.45) is 0. The Morgan fingerprint density at radius 1 is 1.13 bits per heavy atom. The Morgan fingerprint density at radius 3 is 2.47 bits per heavy atom. The van der Waals surface area contributed by atoms with Gasteiger partial charge in [-0.3, -0.25) is 4.79 Å². The first kappa shape index (κ1) is 9.26. The molecule has 0 radical (unpaired) electrons. The van der Waals surface area contributed by atoms with Crippen LogP contribution in [-0.4, -0.2) is 15.3 Å². The lowest BCUT2D eigenvalue weighted by atomic mass is 10.3. The van der Waals surface area contributed by atoms with Gasteiger partial charge in [0.2, 0.25) is 0 Å². The molecule has 0 fully saturated rings. The summed E-state index contributed by atoms with van der Waals surface area (Å²) in [5.41, 5.74) is 0.540. The van der Waals surface area contributed by atoms with E-state index in [-0.39, 0.29) is 11.3 Å². The quantitative estimate of drug-likeness (QED) is 0.641. The second-order valence-corrected chi connectivity index (χ2v) is 2.98. The summed E-state index contributed by atoms with van der Waals surface area (Å²) in [6, 6.07) is 9.51. The number of phenols is 1. The van der Waals surface area contributed by atoms with E-state index in [1.165, 1.54) is 6.07 Å². The molecule has 0 aliphatic rings. The van der Waals surface area contributed by atoms with E-state index >= 15 is 0 Å². The molecule has 0 spiro atoms. The predicted octanol–water partition coefficient (Wildman–Crippen LogP) is 1.22. The number of aromatic amines is 1. The summed E-state index contributed by atoms with van der Waals surface area (Å²) >= 11 is 0. The van der Waals surface area contributed by atoms with Crippen molar-refractivity contribution < 1.29 is 5.11 Å². The van der Waals surface area contributed by atoms with Crippen LogP contribution in [0, 0.1) is 0 Å². The average Bonchev–Trinajstić information content (AvgIpc) is 2.25. The van der Waals surface area contributed by atoms with Gasteiger partial charge in [-0.05, 0) is 30.3 Å². The Kier molecular flexibility index (Phi) is 2.37. The van der Waals surface area contributed by atoms with Crippen LogP contribution in [-0.2, 0) is 0 Å². The predicted molar refractivity (Wildman–Crippen MR) is 56.2 cm³/mol. The molecule has 0 bridgehead atoms. The second kappa shape index (κ2) is 3.83. The van der Waals surface area contributed by atoms with Gasteiger partial charge in [0.1, 0.15) is 5.75 Å². The van der Waals surface area contributed by atoms with E-state index < -0.39 is 0 Å². The van der Waals surface area contributed by atoms with Crippen LogP contribution in [0.5, 0.6) is 5.75 Å². The molecule has 0 unspecified atom stereocenters. The number of hydrogen-bond donors (Lipinski definition) is 3. The maximum atomic E-state index is 10.7. The highest BCUT2D eigenvalue weighted by Gasteiger charge is 1.95. The van der Waals surface area contributed by atoms with Crippen LogP contribution in [0.4, 0.5) is 11.5 Å². The number of rotatable bonds is 2. The number of nitrogens with zero attached hydrogens (tertiary/aromatic N) is 1. The molecular weight excluding hydrogens is 194 g/mol. The van der Waals surface area contributed by atoms with E-state index in [9.17, 15) is 4.79 Å². The third-order valence-electron chi connectivity index (χ3n) is 1.82. The molecule has 0 aliphatic heterocycles. The maximum Gasteiger partial charge on any atom is 0.264 e. The lowest BCUT2D eigenvalue weighted by Gasteiger charge is -2.03. The van der Waals surface area contributed by atoms with Crippen molar-refractivity contribution in [3.05, 3.63) is 46.8 Å². The Labute approximate surface area is 85.4 Å². The van der Waals surface area contributed by atoms with Crippen molar-refractivity contribution >= 4 is 11.5 Å². The number of H-pyrrole nitrogens is 1. The third kappa shape index (κ3) is 2.34. The van der Waals surface area contributed by atoms with Gasteiger partial charge in [-0.15, -0.1) is 0 Å². The Morgan fingerprint density at radius 2 is 1.87 bits per heavy atom. The van der Waals surface area contributed by atoms with E-state index in [2.05, 4.69) is 15.5 Å². The smallest absolute Gasteiger partial charge is 0.264 e. The molecule has 0 atom stereocenters. The first-order chi connectivity index (χ1) is 7.24. The number of anilines is 2. The van der Waals surface area contributed by atoms with Crippen molar-refractivity contribution in [1.29, 1.82) is 0 Å². The first-order valence-corrected chi connectivity index (χ1v) is 4.36. The van der Waals surface area contributed by atoms with Crippen LogP contribution >= 0.6 is 0 Å². The van der Waals surface area contributed by atoms with E-state index in [4.69, 9.17) is 5.11 Å². The number of hydrogen-bond acceptors (Lipinski definition) is 4.